The molecule has 1 aromatic carbocycles. The number of morpholine rings is 1. The number of benzene rings is 1. The summed E-state index contributed by atoms with van der Waals surface area (Å²) in [6.07, 6.45) is 1.16. The Morgan fingerprint density at radius 2 is 2.05 bits per heavy atom. The third-order valence-corrected chi connectivity index (χ3v) is 4.63. The molecule has 1 aliphatic rings. The van der Waals surface area contributed by atoms with Gasteiger partial charge in [0.1, 0.15) is 0 Å². The fourth-order valence-electron chi connectivity index (χ4n) is 3.54. The molecule has 1 N–H and O–H groups in total. The lowest BCUT2D eigenvalue weighted by molar-refractivity contribution is -0.0284. The molecule has 0 bridgehead atoms. The van der Waals surface area contributed by atoms with E-state index < -0.39 is 0 Å². The second-order valence-electron chi connectivity index (χ2n) is 6.73. The van der Waals surface area contributed by atoms with E-state index in [1.165, 1.54) is 5.56 Å². The number of ether oxygens (including phenoxy) is 1. The van der Waals surface area contributed by atoms with E-state index in [9.17, 15) is 0 Å². The Morgan fingerprint density at radius 3 is 2.67 bits per heavy atom. The van der Waals surface area contributed by atoms with Gasteiger partial charge < -0.3 is 10.1 Å². The van der Waals surface area contributed by atoms with Gasteiger partial charge in [0.2, 0.25) is 0 Å². The average Bonchev–Trinajstić information content (AvgIpc) is 2.49. The Labute approximate surface area is 129 Å². The van der Waals surface area contributed by atoms with E-state index in [4.69, 9.17) is 4.74 Å². The van der Waals surface area contributed by atoms with E-state index >= 15 is 0 Å². The van der Waals surface area contributed by atoms with Gasteiger partial charge in [0.15, 0.2) is 0 Å². The molecule has 118 valence electrons. The van der Waals surface area contributed by atoms with Crippen LogP contribution in [0.25, 0.3) is 0 Å². The number of nitrogens with zero attached hydrogens (tertiary/aromatic N) is 1. The Morgan fingerprint density at radius 1 is 1.33 bits per heavy atom. The Kier molecular flexibility index (Phi) is 5.80. The van der Waals surface area contributed by atoms with Crippen LogP contribution in [0.2, 0.25) is 0 Å². The normalized spacial score (nSPS) is 22.2. The Hall–Kier alpha value is -0.900. The molecule has 1 fully saturated rings. The molecule has 0 amide bonds. The third-order valence-electron chi connectivity index (χ3n) is 4.63. The molecular weight excluding hydrogens is 260 g/mol. The first-order chi connectivity index (χ1) is 10.1. The van der Waals surface area contributed by atoms with Crippen molar-refractivity contribution < 1.29 is 4.74 Å². The maximum Gasteiger partial charge on any atom is 0.0622 e. The molecule has 1 aliphatic heterocycles. The van der Waals surface area contributed by atoms with Crippen molar-refractivity contribution in [3.05, 3.63) is 35.9 Å². The zero-order valence-electron chi connectivity index (χ0n) is 13.9. The Bertz CT molecular complexity index is 418. The summed E-state index contributed by atoms with van der Waals surface area (Å²) < 4.78 is 5.63. The predicted octanol–water partition coefficient (Wildman–Crippen LogP) is 3.08. The lowest BCUT2D eigenvalue weighted by atomic mass is 9.79. The van der Waals surface area contributed by atoms with Gasteiger partial charge in [0.05, 0.1) is 13.2 Å². The monoisotopic (exact) mass is 290 g/mol. The number of nitrogens with one attached hydrogen (secondary N) is 1. The first kappa shape index (κ1) is 16.5. The maximum absolute atomic E-state index is 5.63. The van der Waals surface area contributed by atoms with Crippen LogP contribution in [0.4, 0.5) is 0 Å². The molecule has 0 aliphatic carbocycles. The SMILES string of the molecule is CCC1COCCN1CC(C)(C)C(NC)c1ccccc1. The minimum atomic E-state index is 0.168. The van der Waals surface area contributed by atoms with Crippen LogP contribution in [0, 0.1) is 5.41 Å². The summed E-state index contributed by atoms with van der Waals surface area (Å²) in [5.41, 5.74) is 1.53. The highest BCUT2D eigenvalue weighted by molar-refractivity contribution is 5.21. The highest BCUT2D eigenvalue weighted by Gasteiger charge is 2.34. The lowest BCUT2D eigenvalue weighted by Gasteiger charge is -2.43. The molecule has 0 radical (unpaired) electrons. The van der Waals surface area contributed by atoms with Crippen LogP contribution < -0.4 is 5.32 Å². The molecule has 0 aromatic heterocycles. The smallest absolute Gasteiger partial charge is 0.0622 e. The van der Waals surface area contributed by atoms with Crippen LogP contribution in [0.3, 0.4) is 0 Å². The first-order valence-corrected chi connectivity index (χ1v) is 8.12. The van der Waals surface area contributed by atoms with Gasteiger partial charge >= 0.3 is 0 Å². The second-order valence-corrected chi connectivity index (χ2v) is 6.73. The molecular formula is C18H30N2O. The van der Waals surface area contributed by atoms with Crippen molar-refractivity contribution in [3.63, 3.8) is 0 Å². The van der Waals surface area contributed by atoms with E-state index in [0.717, 1.165) is 32.7 Å². The lowest BCUT2D eigenvalue weighted by Crippen LogP contribution is -2.51. The van der Waals surface area contributed by atoms with Gasteiger partial charge in [-0.15, -0.1) is 0 Å². The van der Waals surface area contributed by atoms with Crippen LogP contribution in [0.5, 0.6) is 0 Å². The van der Waals surface area contributed by atoms with Crippen molar-refractivity contribution in [2.75, 3.05) is 33.4 Å². The average molecular weight is 290 g/mol. The first-order valence-electron chi connectivity index (χ1n) is 8.12. The predicted molar refractivity (Wildman–Crippen MR) is 88.5 cm³/mol. The van der Waals surface area contributed by atoms with Crippen LogP contribution in [0.1, 0.15) is 38.8 Å². The molecule has 3 heteroatoms. The molecule has 0 saturated carbocycles. The summed E-state index contributed by atoms with van der Waals surface area (Å²) in [5, 5.41) is 3.52. The minimum Gasteiger partial charge on any atom is -0.378 e. The van der Waals surface area contributed by atoms with E-state index in [0.29, 0.717) is 12.1 Å². The fourth-order valence-corrected chi connectivity index (χ4v) is 3.54. The highest BCUT2D eigenvalue weighted by Crippen LogP contribution is 2.34. The van der Waals surface area contributed by atoms with Crippen molar-refractivity contribution in [2.45, 2.75) is 39.3 Å². The van der Waals surface area contributed by atoms with Gasteiger partial charge in [0.25, 0.3) is 0 Å². The van der Waals surface area contributed by atoms with Crippen molar-refractivity contribution >= 4 is 0 Å². The van der Waals surface area contributed by atoms with Crippen LogP contribution in [-0.4, -0.2) is 44.3 Å². The largest absolute Gasteiger partial charge is 0.378 e. The van der Waals surface area contributed by atoms with Gasteiger partial charge in [-0.2, -0.15) is 0 Å². The Balaban J connectivity index is 2.11. The summed E-state index contributed by atoms with van der Waals surface area (Å²) in [5.74, 6) is 0. The molecule has 0 spiro atoms. The molecule has 1 aromatic rings. The quantitative estimate of drug-likeness (QED) is 0.871. The zero-order valence-corrected chi connectivity index (χ0v) is 13.9. The molecule has 21 heavy (non-hydrogen) atoms. The van der Waals surface area contributed by atoms with E-state index in [2.05, 4.69) is 68.4 Å². The van der Waals surface area contributed by atoms with E-state index in [-0.39, 0.29) is 5.41 Å². The topological polar surface area (TPSA) is 24.5 Å². The molecule has 1 heterocycles. The number of rotatable bonds is 6. The number of hydrogen-bond acceptors (Lipinski definition) is 3. The molecule has 2 unspecified atom stereocenters. The molecule has 1 saturated heterocycles. The maximum atomic E-state index is 5.63. The molecule has 2 atom stereocenters. The third kappa shape index (κ3) is 4.06. The van der Waals surface area contributed by atoms with Crippen molar-refractivity contribution in [2.24, 2.45) is 5.41 Å². The van der Waals surface area contributed by atoms with E-state index in [1.807, 2.05) is 0 Å². The van der Waals surface area contributed by atoms with Gasteiger partial charge in [-0.25, -0.2) is 0 Å². The van der Waals surface area contributed by atoms with E-state index in [1.54, 1.807) is 0 Å². The van der Waals surface area contributed by atoms with Gasteiger partial charge in [-0.3, -0.25) is 4.90 Å². The summed E-state index contributed by atoms with van der Waals surface area (Å²) in [4.78, 5) is 2.61. The summed E-state index contributed by atoms with van der Waals surface area (Å²) in [6, 6.07) is 11.7. The van der Waals surface area contributed by atoms with Crippen molar-refractivity contribution in [1.82, 2.24) is 10.2 Å². The summed E-state index contributed by atoms with van der Waals surface area (Å²) >= 11 is 0. The zero-order chi connectivity index (χ0) is 15.3. The number of hydrogen-bond donors (Lipinski definition) is 1. The van der Waals surface area contributed by atoms with Crippen LogP contribution in [0.15, 0.2) is 30.3 Å². The van der Waals surface area contributed by atoms with Gasteiger partial charge in [-0.05, 0) is 24.4 Å². The summed E-state index contributed by atoms with van der Waals surface area (Å²) in [6.45, 7) is 10.9. The van der Waals surface area contributed by atoms with Crippen molar-refractivity contribution in [3.8, 4) is 0 Å². The van der Waals surface area contributed by atoms with Crippen molar-refractivity contribution in [1.29, 1.82) is 0 Å². The fraction of sp³-hybridized carbons (Fsp3) is 0.667. The second kappa shape index (κ2) is 7.39. The minimum absolute atomic E-state index is 0.168. The molecule has 2 rings (SSSR count). The van der Waals surface area contributed by atoms with Crippen LogP contribution >= 0.6 is 0 Å². The highest BCUT2D eigenvalue weighted by atomic mass is 16.5. The van der Waals surface area contributed by atoms with Crippen LogP contribution in [-0.2, 0) is 4.74 Å². The standard InChI is InChI=1S/C18H30N2O/c1-5-16-13-21-12-11-20(16)14-18(2,3)17(19-4)15-9-7-6-8-10-15/h6-10,16-17,19H,5,11-14H2,1-4H3. The molecule has 3 nitrogen and oxygen atoms in total. The van der Waals surface area contributed by atoms with Gasteiger partial charge in [0, 0.05) is 25.2 Å². The summed E-state index contributed by atoms with van der Waals surface area (Å²) in [7, 11) is 2.07. The van der Waals surface area contributed by atoms with Gasteiger partial charge in [-0.1, -0.05) is 51.1 Å².